The van der Waals surface area contributed by atoms with Crippen molar-refractivity contribution in [2.24, 2.45) is 16.2 Å². The average Bonchev–Trinajstić information content (AvgIpc) is 1.54. The van der Waals surface area contributed by atoms with Gasteiger partial charge in [-0.1, -0.05) is 76.8 Å². The van der Waals surface area contributed by atoms with E-state index < -0.39 is 239 Å². The summed E-state index contributed by atoms with van der Waals surface area (Å²) >= 11 is 2.90. The van der Waals surface area contributed by atoms with Crippen LogP contribution in [0.15, 0.2) is 65.6 Å². The van der Waals surface area contributed by atoms with Crippen LogP contribution in [-0.4, -0.2) is 243 Å². The summed E-state index contributed by atoms with van der Waals surface area (Å²) in [7, 11) is -11.6. The minimum Gasteiger partial charge on any atom is -0.462 e. The van der Waals surface area contributed by atoms with Crippen molar-refractivity contribution in [3.05, 3.63) is 99.3 Å². The van der Waals surface area contributed by atoms with Crippen molar-refractivity contribution in [3.63, 3.8) is 0 Å². The molecule has 7 fully saturated rings. The van der Waals surface area contributed by atoms with Crippen molar-refractivity contribution in [1.82, 2.24) is 38.8 Å². The predicted molar refractivity (Wildman–Crippen MR) is 456 cm³/mol. The number of carbonyl (C=O) groups is 5. The van der Waals surface area contributed by atoms with Crippen LogP contribution in [0.2, 0.25) is 0 Å². The second-order valence-corrected chi connectivity index (χ2v) is 42.8. The Bertz CT molecular complexity index is 4830. The predicted octanol–water partition coefficient (Wildman–Crippen LogP) is 7.82. The first-order chi connectivity index (χ1) is 59.2. The van der Waals surface area contributed by atoms with E-state index in [9.17, 15) is 90.5 Å². The molecule has 3 aromatic heterocycles. The van der Waals surface area contributed by atoms with Crippen LogP contribution in [-0.2, 0) is 107 Å². The van der Waals surface area contributed by atoms with E-state index in [0.717, 1.165) is 106 Å². The van der Waals surface area contributed by atoms with Crippen LogP contribution in [0.1, 0.15) is 201 Å². The molecule has 3 aromatic rings. The summed E-state index contributed by atoms with van der Waals surface area (Å²) in [5, 5.41) is 35.8. The lowest BCUT2D eigenvalue weighted by Crippen LogP contribution is -2.53. The Hall–Kier alpha value is -5.33. The molecule has 718 valence electrons. The van der Waals surface area contributed by atoms with Crippen LogP contribution in [0.3, 0.4) is 0 Å². The number of thioether (sulfide) groups is 3. The van der Waals surface area contributed by atoms with Crippen molar-refractivity contribution < 1.29 is 136 Å². The van der Waals surface area contributed by atoms with Crippen molar-refractivity contribution in [3.8, 4) is 0 Å². The molecule has 3 unspecified atom stereocenters. The minimum atomic E-state index is -4.54. The number of H-pyrrole nitrogens is 3. The number of alkyl halides is 3. The summed E-state index contributed by atoms with van der Waals surface area (Å²) in [6.45, 7) is 20.9. The SMILES string of the molecule is CC(C)OC(=O)[C@H](C)NP(=O)(OCCSC(=O)C(C)(C)CO)OC[C@@]1(CF)O[C@@H](n2ccc(=O)[nH]c2=O)[C@](C)(O)[C@@H]1O.CCC(C)(C)C(=O)SCCOP(=O)(N[C@@H](C)C(=O)OC(C)C)OC[C@@]1(CF)O[C@@H](n2ccc(=O)[nH]c2=O)[C@]2(C)OC3(CCCC3)O[C@H]12.CCC(C)(C)C(=O)SCCO[P+](=O)OC[C@@]1(CF)O[C@@H](n2ccc(=O)[nH]c2=O)[C@]2(C)OC3(CCCC3)O[C@H]12. The number of hydrogen-bond acceptors (Lipinski definition) is 35. The third kappa shape index (κ3) is 25.2. The first kappa shape index (κ1) is 107. The number of rotatable bonds is 41. The smallest absolute Gasteiger partial charge is 0.462 e. The molecule has 8 heterocycles. The average molecular weight is 1930 g/mol. The summed E-state index contributed by atoms with van der Waals surface area (Å²) in [5.74, 6) is -3.18. The third-order valence-electron chi connectivity index (χ3n) is 22.7. The number of nitrogens with one attached hydrogen (secondary N) is 5. The summed E-state index contributed by atoms with van der Waals surface area (Å²) < 4.78 is 175. The minimum absolute atomic E-state index is 0.00580. The largest absolute Gasteiger partial charge is 0.697 e. The van der Waals surface area contributed by atoms with Crippen LogP contribution in [0.25, 0.3) is 0 Å². The monoisotopic (exact) mass is 1930 g/mol. The maximum absolute atomic E-state index is 15.4. The van der Waals surface area contributed by atoms with Gasteiger partial charge in [0.05, 0.1) is 50.7 Å². The number of aromatic amines is 3. The molecule has 0 amide bonds. The van der Waals surface area contributed by atoms with E-state index in [1.165, 1.54) is 40.1 Å². The Morgan fingerprint density at radius 3 is 1.22 bits per heavy atom. The van der Waals surface area contributed by atoms with E-state index >= 15 is 4.39 Å². The maximum atomic E-state index is 15.4. The van der Waals surface area contributed by atoms with E-state index in [4.69, 9.17) is 69.8 Å². The van der Waals surface area contributed by atoms with Gasteiger partial charge in [-0.3, -0.25) is 85.1 Å². The first-order valence-corrected chi connectivity index (χ1v) is 48.7. The summed E-state index contributed by atoms with van der Waals surface area (Å²) in [4.78, 5) is 141. The van der Waals surface area contributed by atoms with Gasteiger partial charge in [0.25, 0.3) is 16.7 Å². The van der Waals surface area contributed by atoms with Crippen LogP contribution < -0.4 is 43.9 Å². The summed E-state index contributed by atoms with van der Waals surface area (Å²) in [6.07, 6.45) is 1.08. The fourth-order valence-corrected chi connectivity index (χ4v) is 21.4. The fourth-order valence-electron chi connectivity index (χ4n) is 14.8. The van der Waals surface area contributed by atoms with Gasteiger partial charge in [-0.25, -0.2) is 46.9 Å². The van der Waals surface area contributed by atoms with E-state index in [0.29, 0.717) is 38.5 Å². The van der Waals surface area contributed by atoms with Gasteiger partial charge < -0.3 is 58.0 Å². The van der Waals surface area contributed by atoms with Crippen molar-refractivity contribution in [2.75, 3.05) is 83.5 Å². The second-order valence-electron chi connectivity index (χ2n) is 35.1. The lowest BCUT2D eigenvalue weighted by molar-refractivity contribution is -0.252. The standard InChI is InChI=1S/C30H47FN3O11PS.C24H39FN3O12PS.C24H34FN2O9PS/c1-8-27(5,6)25(37)47-16-15-40-46(39,33-20(4)22(36)42-19(2)3)41-18-29(17-31)23-28(7,45-30(43-23)12-9-10-13-30)24(44-29)34-14-11-21(35)32-26(34)38;1-14(2)39-17(31)15(3)27-41(36,37-9-10-42-20(33)22(4,5)12-29)38-13-24(11-25)18(32)23(6,35)19(40-24)28-8-7-16(30)26-21(28)34;1-5-21(2,3)19(29)38-13-12-32-37(31)33-15-23(14-25)17-22(4,36-24(34-17)9-6-7-10-24)18(35-23)27-11-8-16(28)26-20(27)30/h11,14,19-20,23-24H,8-10,12-13,15-18H2,1-7H3,(H,33,39)(H,32,35,38);7-8,14-15,18-19,29,32,35H,9-13H2,1-6H3,(H,27,36)(H,26,30,34);8,11,17-18H,5-7,9-10,12-15H2,1-4H3/p+1/t20-,23-,24+,28+,29+,46?;15-,18-,19+,23+,24+,41?;17-,18+,22+,23+/m000/s1. The Balaban J connectivity index is 0.000000237. The van der Waals surface area contributed by atoms with Crippen LogP contribution in [0.5, 0.6) is 0 Å². The lowest BCUT2D eigenvalue weighted by Gasteiger charge is -2.34. The molecule has 49 heteroatoms. The molecule has 2 aliphatic carbocycles. The molecule has 127 heavy (non-hydrogen) atoms. The summed E-state index contributed by atoms with van der Waals surface area (Å²) in [6, 6.07) is 0.822. The zero-order valence-electron chi connectivity index (χ0n) is 74.2. The van der Waals surface area contributed by atoms with Crippen molar-refractivity contribution in [1.29, 1.82) is 0 Å². The molecule has 0 bridgehead atoms. The fraction of sp³-hybridized carbons (Fsp3) is 0.782. The highest BCUT2D eigenvalue weighted by atomic mass is 32.2. The molecule has 2 saturated carbocycles. The van der Waals surface area contributed by atoms with E-state index in [1.807, 2.05) is 46.5 Å². The maximum Gasteiger partial charge on any atom is 0.697 e. The highest BCUT2D eigenvalue weighted by Gasteiger charge is 2.75. The zero-order valence-corrected chi connectivity index (χ0v) is 79.4. The Kier molecular flexibility index (Phi) is 36.5. The Morgan fingerprint density at radius 2 is 0.874 bits per heavy atom. The highest BCUT2D eigenvalue weighted by Crippen LogP contribution is 2.62. The van der Waals surface area contributed by atoms with Gasteiger partial charge >= 0.3 is 52.8 Å². The van der Waals surface area contributed by atoms with Gasteiger partial charge in [-0.05, 0) is 115 Å². The van der Waals surface area contributed by atoms with E-state index in [-0.39, 0.29) is 52.4 Å². The van der Waals surface area contributed by atoms with Gasteiger partial charge in [0.1, 0.15) is 80.4 Å². The molecule has 2 spiro atoms. The van der Waals surface area contributed by atoms with Crippen LogP contribution >= 0.6 is 59.0 Å². The Labute approximate surface area is 744 Å². The lowest BCUT2D eigenvalue weighted by atomic mass is 9.88. The van der Waals surface area contributed by atoms with E-state index in [2.05, 4.69) is 20.1 Å². The quantitative estimate of drug-likeness (QED) is 0.0152. The van der Waals surface area contributed by atoms with E-state index in [1.54, 1.807) is 41.5 Å². The zero-order chi connectivity index (χ0) is 94.7. The Morgan fingerprint density at radius 1 is 0.535 bits per heavy atom. The molecule has 5 aliphatic heterocycles. The van der Waals surface area contributed by atoms with Gasteiger partial charge in [0, 0.05) is 95.1 Å². The molecule has 40 nitrogen and oxygen atoms in total. The number of hydrogen-bond donors (Lipinski definition) is 8. The molecular weight excluding hydrogens is 1810 g/mol. The number of halogens is 3. The van der Waals surface area contributed by atoms with Crippen molar-refractivity contribution >= 4 is 86.3 Å². The van der Waals surface area contributed by atoms with Gasteiger partial charge in [-0.15, -0.1) is 9.05 Å². The molecule has 0 radical (unpaired) electrons. The molecule has 10 rings (SSSR count). The number of ether oxygens (including phenoxy) is 9. The van der Waals surface area contributed by atoms with Crippen molar-refractivity contribution in [2.45, 2.75) is 288 Å². The molecular formula is C78H121F3N8O32P3S3+. The van der Waals surface area contributed by atoms with Gasteiger partial charge in [0.2, 0.25) is 0 Å². The second kappa shape index (κ2) is 43.3. The number of fused-ring (bicyclic) bond motifs is 2. The molecule has 0 aromatic carbocycles. The number of aliphatic hydroxyl groups is 3. The number of nitrogens with zero attached hydrogens (tertiary/aromatic N) is 3. The number of esters is 2. The number of aromatic nitrogens is 6. The normalized spacial score (nSPS) is 28.6. The molecule has 5 saturated heterocycles. The molecule has 8 N–H and O–H groups in total. The first-order valence-electron chi connectivity index (χ1n) is 41.6. The van der Waals surface area contributed by atoms with Gasteiger partial charge in [0.15, 0.2) is 62.4 Å². The van der Waals surface area contributed by atoms with Crippen LogP contribution in [0, 0.1) is 16.2 Å². The third-order valence-corrected chi connectivity index (χ3v) is 30.4. The van der Waals surface area contributed by atoms with Crippen LogP contribution in [0.4, 0.5) is 13.2 Å². The summed E-state index contributed by atoms with van der Waals surface area (Å²) in [5.41, 5.74) is -17.8. The number of carbonyl (C=O) groups excluding carboxylic acids is 5. The molecule has 17 atom stereocenters. The molecule has 7 aliphatic rings. The highest BCUT2D eigenvalue weighted by molar-refractivity contribution is 8.14. The topological polar surface area (TPSA) is 524 Å². The number of aliphatic hydroxyl groups excluding tert-OH is 2. The van der Waals surface area contributed by atoms with Gasteiger partial charge in [-0.2, -0.15) is 0 Å².